The molecule has 4 heteroatoms. The molecule has 0 saturated heterocycles. The van der Waals surface area contributed by atoms with Gasteiger partial charge in [0.25, 0.3) is 0 Å². The van der Waals surface area contributed by atoms with Crippen molar-refractivity contribution in [3.8, 4) is 22.9 Å². The zero-order valence-corrected chi connectivity index (χ0v) is 15.9. The molecular formula is C23H25FN2O. The van der Waals surface area contributed by atoms with Crippen LogP contribution in [-0.2, 0) is 0 Å². The predicted molar refractivity (Wildman–Crippen MR) is 107 cm³/mol. The third-order valence-corrected chi connectivity index (χ3v) is 5.01. The lowest BCUT2D eigenvalue weighted by molar-refractivity contribution is 0.434. The first kappa shape index (κ1) is 19.0. The lowest BCUT2D eigenvalue weighted by Gasteiger charge is -2.17. The fourth-order valence-electron chi connectivity index (χ4n) is 3.34. The first-order chi connectivity index (χ1) is 13.0. The number of aromatic hydroxyl groups is 1. The molecule has 1 aliphatic rings. The van der Waals surface area contributed by atoms with E-state index in [0.717, 1.165) is 43.4 Å². The molecular weight excluding hydrogens is 339 g/mol. The topological polar surface area (TPSA) is 56.0 Å². The van der Waals surface area contributed by atoms with E-state index in [9.17, 15) is 14.8 Å². The second kappa shape index (κ2) is 7.84. The summed E-state index contributed by atoms with van der Waals surface area (Å²) in [5.74, 6) is -0.636. The second-order valence-corrected chi connectivity index (χ2v) is 7.28. The number of phenolic OH excluding ortho intramolecular Hbond substituents is 1. The highest BCUT2D eigenvalue weighted by atomic mass is 19.1. The number of halogens is 1. The molecule has 0 aliphatic heterocycles. The number of nitriles is 1. The zero-order chi connectivity index (χ0) is 19.6. The monoisotopic (exact) mass is 364 g/mol. The van der Waals surface area contributed by atoms with Crippen LogP contribution in [-0.4, -0.2) is 11.7 Å². The van der Waals surface area contributed by atoms with Crippen molar-refractivity contribution >= 4 is 5.70 Å². The number of nitrogens with zero attached hydrogens (tertiary/aromatic N) is 1. The molecule has 3 rings (SSSR count). The van der Waals surface area contributed by atoms with E-state index in [2.05, 4.69) is 24.9 Å². The van der Waals surface area contributed by atoms with Crippen LogP contribution >= 0.6 is 0 Å². The number of unbranched alkanes of at least 4 members (excludes halogenated alkanes) is 1. The van der Waals surface area contributed by atoms with Gasteiger partial charge in [-0.2, -0.15) is 5.26 Å². The smallest absolute Gasteiger partial charge is 0.165 e. The van der Waals surface area contributed by atoms with Crippen molar-refractivity contribution in [3.63, 3.8) is 0 Å². The van der Waals surface area contributed by atoms with Gasteiger partial charge in [-0.05, 0) is 67.5 Å². The molecule has 0 radical (unpaired) electrons. The lowest BCUT2D eigenvalue weighted by atomic mass is 9.90. The molecule has 0 spiro atoms. The number of nitrogens with one attached hydrogen (secondary N) is 1. The zero-order valence-electron chi connectivity index (χ0n) is 15.9. The van der Waals surface area contributed by atoms with Crippen molar-refractivity contribution in [3.05, 3.63) is 58.9 Å². The Hall–Kier alpha value is -2.80. The van der Waals surface area contributed by atoms with E-state index in [1.807, 2.05) is 12.1 Å². The van der Waals surface area contributed by atoms with Crippen LogP contribution in [0.4, 0.5) is 4.39 Å². The summed E-state index contributed by atoms with van der Waals surface area (Å²) in [7, 11) is 0. The van der Waals surface area contributed by atoms with E-state index in [-0.39, 0.29) is 0 Å². The van der Waals surface area contributed by atoms with Gasteiger partial charge >= 0.3 is 0 Å². The summed E-state index contributed by atoms with van der Waals surface area (Å²) in [5, 5.41) is 23.5. The maximum atomic E-state index is 14.1. The highest BCUT2D eigenvalue weighted by Gasteiger charge is 2.27. The molecule has 1 fully saturated rings. The van der Waals surface area contributed by atoms with Crippen molar-refractivity contribution in [2.75, 3.05) is 6.54 Å². The Morgan fingerprint density at radius 2 is 2.04 bits per heavy atom. The molecule has 1 aliphatic carbocycles. The van der Waals surface area contributed by atoms with Crippen LogP contribution < -0.4 is 5.32 Å². The van der Waals surface area contributed by atoms with Gasteiger partial charge in [0.2, 0.25) is 0 Å². The molecule has 0 heterocycles. The van der Waals surface area contributed by atoms with E-state index in [0.29, 0.717) is 33.9 Å². The van der Waals surface area contributed by atoms with Crippen molar-refractivity contribution in [2.24, 2.45) is 0 Å². The van der Waals surface area contributed by atoms with Crippen LogP contribution in [0, 0.1) is 24.1 Å². The summed E-state index contributed by atoms with van der Waals surface area (Å²) in [6.07, 6.45) is 4.29. The number of phenols is 1. The Morgan fingerprint density at radius 3 is 2.67 bits per heavy atom. The average molecular weight is 364 g/mol. The molecule has 0 amide bonds. The minimum atomic E-state index is -0.674. The summed E-state index contributed by atoms with van der Waals surface area (Å²) in [4.78, 5) is 0. The van der Waals surface area contributed by atoms with Crippen LogP contribution in [0.25, 0.3) is 16.8 Å². The number of hydrogen-bond acceptors (Lipinski definition) is 3. The standard InChI is InChI=1S/C23H25FN2O/c1-4-5-8-26-15(3)18-11-17(16-6-7-16)12-19(21(18)13-25)20-9-14(2)10-22(24)23(20)27/h9-12,16,26-27H,3-8H2,1-2H3. The van der Waals surface area contributed by atoms with Gasteiger partial charge in [-0.3, -0.25) is 0 Å². The van der Waals surface area contributed by atoms with Gasteiger partial charge in [-0.15, -0.1) is 0 Å². The molecule has 0 aromatic heterocycles. The van der Waals surface area contributed by atoms with E-state index < -0.39 is 11.6 Å². The molecule has 1 saturated carbocycles. The van der Waals surface area contributed by atoms with Crippen LogP contribution in [0.5, 0.6) is 5.75 Å². The van der Waals surface area contributed by atoms with E-state index in [1.54, 1.807) is 13.0 Å². The normalized spacial score (nSPS) is 13.3. The first-order valence-corrected chi connectivity index (χ1v) is 9.46. The molecule has 2 aromatic carbocycles. The summed E-state index contributed by atoms with van der Waals surface area (Å²) >= 11 is 0. The minimum absolute atomic E-state index is 0.356. The Balaban J connectivity index is 2.16. The van der Waals surface area contributed by atoms with E-state index >= 15 is 0 Å². The SMILES string of the molecule is C=C(NCCCC)c1cc(C2CC2)cc(-c2cc(C)cc(F)c2O)c1C#N. The van der Waals surface area contributed by atoms with Crippen molar-refractivity contribution in [2.45, 2.75) is 45.4 Å². The van der Waals surface area contributed by atoms with Gasteiger partial charge in [0.1, 0.15) is 6.07 Å². The highest BCUT2D eigenvalue weighted by molar-refractivity contribution is 5.83. The molecule has 27 heavy (non-hydrogen) atoms. The molecule has 0 unspecified atom stereocenters. The largest absolute Gasteiger partial charge is 0.504 e. The average Bonchev–Trinajstić information content (AvgIpc) is 3.49. The summed E-state index contributed by atoms with van der Waals surface area (Å²) in [6, 6.07) is 9.21. The number of aryl methyl sites for hydroxylation is 1. The highest BCUT2D eigenvalue weighted by Crippen LogP contribution is 2.45. The maximum Gasteiger partial charge on any atom is 0.165 e. The van der Waals surface area contributed by atoms with Gasteiger partial charge in [0.05, 0.1) is 5.56 Å². The Morgan fingerprint density at radius 1 is 1.30 bits per heavy atom. The van der Waals surface area contributed by atoms with Crippen molar-refractivity contribution in [1.82, 2.24) is 5.32 Å². The van der Waals surface area contributed by atoms with Crippen LogP contribution in [0.15, 0.2) is 30.8 Å². The maximum absolute atomic E-state index is 14.1. The Labute approximate surface area is 160 Å². The van der Waals surface area contributed by atoms with Crippen LogP contribution in [0.2, 0.25) is 0 Å². The van der Waals surface area contributed by atoms with Gasteiger partial charge in [0.15, 0.2) is 11.6 Å². The van der Waals surface area contributed by atoms with Gasteiger partial charge < -0.3 is 10.4 Å². The van der Waals surface area contributed by atoms with Gasteiger partial charge in [0, 0.05) is 28.9 Å². The quantitative estimate of drug-likeness (QED) is 0.627. The molecule has 0 bridgehead atoms. The fraction of sp³-hybridized carbons (Fsp3) is 0.348. The first-order valence-electron chi connectivity index (χ1n) is 9.46. The summed E-state index contributed by atoms with van der Waals surface area (Å²) < 4.78 is 14.1. The number of rotatable bonds is 7. The van der Waals surface area contributed by atoms with Gasteiger partial charge in [-0.1, -0.05) is 19.9 Å². The summed E-state index contributed by atoms with van der Waals surface area (Å²) in [6.45, 7) is 8.79. The molecule has 140 valence electrons. The third kappa shape index (κ3) is 3.98. The Bertz CT molecular complexity index is 923. The molecule has 2 N–H and O–H groups in total. The summed E-state index contributed by atoms with van der Waals surface area (Å²) in [5.41, 5.74) is 4.56. The van der Waals surface area contributed by atoms with Gasteiger partial charge in [-0.25, -0.2) is 4.39 Å². The van der Waals surface area contributed by atoms with E-state index in [4.69, 9.17) is 0 Å². The van der Waals surface area contributed by atoms with Crippen LogP contribution in [0.3, 0.4) is 0 Å². The second-order valence-electron chi connectivity index (χ2n) is 7.28. The van der Waals surface area contributed by atoms with Crippen molar-refractivity contribution in [1.29, 1.82) is 5.26 Å². The lowest BCUT2D eigenvalue weighted by Crippen LogP contribution is -2.14. The number of hydrogen-bond donors (Lipinski definition) is 2. The predicted octanol–water partition coefficient (Wildman–Crippen LogP) is 5.62. The Kier molecular flexibility index (Phi) is 5.51. The minimum Gasteiger partial charge on any atom is -0.504 e. The number of benzene rings is 2. The van der Waals surface area contributed by atoms with Crippen LogP contribution in [0.1, 0.15) is 60.8 Å². The molecule has 0 atom stereocenters. The molecule has 2 aromatic rings. The van der Waals surface area contributed by atoms with Crippen molar-refractivity contribution < 1.29 is 9.50 Å². The molecule has 3 nitrogen and oxygen atoms in total. The van der Waals surface area contributed by atoms with E-state index in [1.165, 1.54) is 6.07 Å². The fourth-order valence-corrected chi connectivity index (χ4v) is 3.34. The third-order valence-electron chi connectivity index (χ3n) is 5.01.